The quantitative estimate of drug-likeness (QED) is 0.242. The summed E-state index contributed by atoms with van der Waals surface area (Å²) >= 11 is 0. The van der Waals surface area contributed by atoms with E-state index in [-0.39, 0.29) is 52.2 Å². The standard InChI is InChI=1S/C32H51N3O4/c1-7-13-33-14-15-34(6)16-17-35-27(36)25-21-18-24-30(4)10-8-11-31(5,29(38)39)23(30)9-12-32(24,26(25)28(35)37)19-22(21)20(2)3/h19-21,23-26,33H,7-18H2,1-6H3,(H,38,39)/t21?,23?,24?,25?,26?,30-,31+,32?/m0/s1. The summed E-state index contributed by atoms with van der Waals surface area (Å²) in [6, 6.07) is 0. The third-order valence-electron chi connectivity index (χ3n) is 12.1. The minimum Gasteiger partial charge on any atom is -0.481 e. The highest BCUT2D eigenvalue weighted by Gasteiger charge is 2.73. The Balaban J connectivity index is 1.44. The van der Waals surface area contributed by atoms with Gasteiger partial charge in [0.15, 0.2) is 0 Å². The number of nitrogens with zero attached hydrogens (tertiary/aromatic N) is 2. The molecular weight excluding hydrogens is 490 g/mol. The highest BCUT2D eigenvalue weighted by atomic mass is 16.4. The molecule has 0 aromatic carbocycles. The van der Waals surface area contributed by atoms with Crippen molar-refractivity contribution in [2.75, 3.05) is 39.8 Å². The zero-order valence-electron chi connectivity index (χ0n) is 25.1. The summed E-state index contributed by atoms with van der Waals surface area (Å²) in [6.07, 6.45) is 8.80. The van der Waals surface area contributed by atoms with Crippen molar-refractivity contribution in [2.45, 2.75) is 79.6 Å². The van der Waals surface area contributed by atoms with Crippen LogP contribution < -0.4 is 5.32 Å². The Labute approximate surface area is 235 Å². The van der Waals surface area contributed by atoms with Gasteiger partial charge in [0.2, 0.25) is 11.8 Å². The lowest BCUT2D eigenvalue weighted by Crippen LogP contribution is -2.65. The number of hydrogen-bond acceptors (Lipinski definition) is 5. The first-order chi connectivity index (χ1) is 18.4. The van der Waals surface area contributed by atoms with Gasteiger partial charge in [-0.25, -0.2) is 0 Å². The largest absolute Gasteiger partial charge is 0.481 e. The van der Waals surface area contributed by atoms with Gasteiger partial charge in [-0.3, -0.25) is 19.3 Å². The van der Waals surface area contributed by atoms with Gasteiger partial charge in [0, 0.05) is 31.6 Å². The predicted octanol–water partition coefficient (Wildman–Crippen LogP) is 4.43. The lowest BCUT2D eigenvalue weighted by molar-refractivity contribution is -0.194. The van der Waals surface area contributed by atoms with Crippen LogP contribution in [-0.2, 0) is 14.4 Å². The van der Waals surface area contributed by atoms with Crippen LogP contribution in [0.25, 0.3) is 0 Å². The maximum atomic E-state index is 14.2. The van der Waals surface area contributed by atoms with E-state index in [0.29, 0.717) is 19.0 Å². The normalized spacial score (nSPS) is 41.1. The molecule has 1 saturated heterocycles. The molecule has 5 aliphatic carbocycles. The Kier molecular flexibility index (Phi) is 7.58. The van der Waals surface area contributed by atoms with E-state index in [1.54, 1.807) is 4.90 Å². The average molecular weight is 542 g/mol. The molecule has 2 amide bonds. The predicted molar refractivity (Wildman–Crippen MR) is 152 cm³/mol. The zero-order valence-corrected chi connectivity index (χ0v) is 25.1. The first-order valence-corrected chi connectivity index (χ1v) is 15.6. The highest BCUT2D eigenvalue weighted by molar-refractivity contribution is 6.06. The number of carbonyl (C=O) groups is 3. The number of imide groups is 1. The lowest BCUT2D eigenvalue weighted by atomic mass is 9.34. The molecule has 218 valence electrons. The van der Waals surface area contributed by atoms with Gasteiger partial charge >= 0.3 is 5.97 Å². The van der Waals surface area contributed by atoms with Crippen molar-refractivity contribution in [3.63, 3.8) is 0 Å². The molecule has 0 radical (unpaired) electrons. The topological polar surface area (TPSA) is 89.9 Å². The molecule has 0 aromatic rings. The summed E-state index contributed by atoms with van der Waals surface area (Å²) in [5.41, 5.74) is 0.189. The molecule has 6 aliphatic rings. The van der Waals surface area contributed by atoms with Crippen LogP contribution in [0.1, 0.15) is 79.6 Å². The molecule has 4 fully saturated rings. The molecule has 3 saturated carbocycles. The molecule has 39 heavy (non-hydrogen) atoms. The van der Waals surface area contributed by atoms with E-state index in [0.717, 1.165) is 64.6 Å². The molecule has 2 bridgehead atoms. The minimum atomic E-state index is -0.715. The van der Waals surface area contributed by atoms with Crippen molar-refractivity contribution in [3.8, 4) is 0 Å². The van der Waals surface area contributed by atoms with Gasteiger partial charge in [-0.2, -0.15) is 0 Å². The van der Waals surface area contributed by atoms with Crippen LogP contribution in [-0.4, -0.2) is 72.5 Å². The number of nitrogens with one attached hydrogen (secondary N) is 1. The van der Waals surface area contributed by atoms with Crippen molar-refractivity contribution in [3.05, 3.63) is 11.6 Å². The van der Waals surface area contributed by atoms with Crippen LogP contribution >= 0.6 is 0 Å². The van der Waals surface area contributed by atoms with Crippen LogP contribution in [0.4, 0.5) is 0 Å². The van der Waals surface area contributed by atoms with Crippen LogP contribution in [0.2, 0.25) is 0 Å². The summed E-state index contributed by atoms with van der Waals surface area (Å²) < 4.78 is 0. The molecular formula is C32H51N3O4. The molecule has 7 heteroatoms. The van der Waals surface area contributed by atoms with Crippen molar-refractivity contribution in [1.29, 1.82) is 0 Å². The van der Waals surface area contributed by atoms with Gasteiger partial charge in [-0.1, -0.05) is 45.8 Å². The molecule has 6 rings (SSSR count). The van der Waals surface area contributed by atoms with Gasteiger partial charge in [0.25, 0.3) is 0 Å². The number of aliphatic carboxylic acids is 1. The van der Waals surface area contributed by atoms with E-state index < -0.39 is 11.4 Å². The maximum Gasteiger partial charge on any atom is 0.309 e. The van der Waals surface area contributed by atoms with E-state index >= 15 is 0 Å². The number of fused-ring (bicyclic) bond motifs is 1. The van der Waals surface area contributed by atoms with Crippen LogP contribution in [0.5, 0.6) is 0 Å². The molecule has 8 atom stereocenters. The summed E-state index contributed by atoms with van der Waals surface area (Å²) in [4.78, 5) is 44.6. The van der Waals surface area contributed by atoms with Gasteiger partial charge < -0.3 is 15.3 Å². The number of allylic oxidation sites excluding steroid dienone is 2. The molecule has 1 spiro atoms. The summed E-state index contributed by atoms with van der Waals surface area (Å²) in [5.74, 6) is -0.330. The number of likely N-dealkylation sites (N-methyl/N-ethyl adjacent to an activating group) is 1. The Morgan fingerprint density at radius 2 is 1.87 bits per heavy atom. The number of likely N-dealkylation sites (tertiary alicyclic amines) is 1. The SMILES string of the molecule is CCCNCCN(C)CCN1C(=O)C2C3CC4C(C=C3C(C)C)(CCC3[C@]4(C)CCC[C@@]3(C)C(=O)O)C2C1=O. The van der Waals surface area contributed by atoms with Gasteiger partial charge in [-0.05, 0) is 88.1 Å². The molecule has 2 N–H and O–H groups in total. The van der Waals surface area contributed by atoms with Crippen LogP contribution in [0.15, 0.2) is 11.6 Å². The fourth-order valence-corrected chi connectivity index (χ4v) is 10.2. The lowest BCUT2D eigenvalue weighted by Gasteiger charge is -2.68. The Morgan fingerprint density at radius 3 is 2.54 bits per heavy atom. The second-order valence-corrected chi connectivity index (χ2v) is 14.4. The molecule has 1 aliphatic heterocycles. The van der Waals surface area contributed by atoms with Crippen LogP contribution in [0, 0.1) is 51.8 Å². The third kappa shape index (κ3) is 4.24. The number of hydrogen-bond donors (Lipinski definition) is 2. The second kappa shape index (κ2) is 10.3. The van der Waals surface area contributed by atoms with Gasteiger partial charge in [0.1, 0.15) is 0 Å². The molecule has 6 unspecified atom stereocenters. The Bertz CT molecular complexity index is 1040. The second-order valence-electron chi connectivity index (χ2n) is 14.4. The fourth-order valence-electron chi connectivity index (χ4n) is 10.2. The van der Waals surface area contributed by atoms with E-state index in [1.807, 2.05) is 6.92 Å². The highest BCUT2D eigenvalue weighted by Crippen LogP contribution is 2.74. The monoisotopic (exact) mass is 541 g/mol. The average Bonchev–Trinajstić information content (AvgIpc) is 3.16. The number of amides is 2. The smallest absolute Gasteiger partial charge is 0.309 e. The first kappa shape index (κ1) is 28.8. The van der Waals surface area contributed by atoms with E-state index in [9.17, 15) is 19.5 Å². The molecule has 0 aromatic heterocycles. The third-order valence-corrected chi connectivity index (χ3v) is 12.1. The summed E-state index contributed by atoms with van der Waals surface area (Å²) in [7, 11) is 2.06. The molecule has 7 nitrogen and oxygen atoms in total. The van der Waals surface area contributed by atoms with E-state index in [4.69, 9.17) is 0 Å². The number of rotatable bonds is 10. The number of carboxylic acids is 1. The maximum absolute atomic E-state index is 14.2. The summed E-state index contributed by atoms with van der Waals surface area (Å²) in [6.45, 7) is 14.8. The Morgan fingerprint density at radius 1 is 1.13 bits per heavy atom. The fraction of sp³-hybridized carbons (Fsp3) is 0.844. The Hall–Kier alpha value is -1.73. The zero-order chi connectivity index (χ0) is 28.3. The molecule has 1 heterocycles. The first-order valence-electron chi connectivity index (χ1n) is 15.6. The van der Waals surface area contributed by atoms with E-state index in [1.165, 1.54) is 5.57 Å². The summed E-state index contributed by atoms with van der Waals surface area (Å²) in [5, 5.41) is 13.7. The van der Waals surface area contributed by atoms with Crippen molar-refractivity contribution < 1.29 is 19.5 Å². The minimum absolute atomic E-state index is 0.0371. The van der Waals surface area contributed by atoms with Gasteiger partial charge in [-0.15, -0.1) is 0 Å². The van der Waals surface area contributed by atoms with Crippen molar-refractivity contribution in [2.24, 2.45) is 51.8 Å². The van der Waals surface area contributed by atoms with Gasteiger partial charge in [0.05, 0.1) is 17.3 Å². The van der Waals surface area contributed by atoms with E-state index in [2.05, 4.69) is 51.0 Å². The number of carboxylic acid groups (broad SMARTS) is 1. The van der Waals surface area contributed by atoms with Crippen molar-refractivity contribution in [1.82, 2.24) is 15.1 Å². The van der Waals surface area contributed by atoms with Crippen molar-refractivity contribution >= 4 is 17.8 Å². The number of carbonyl (C=O) groups excluding carboxylic acids is 2. The van der Waals surface area contributed by atoms with Crippen LogP contribution in [0.3, 0.4) is 0 Å².